The van der Waals surface area contributed by atoms with Crippen LogP contribution >= 0.6 is 11.3 Å². The molecule has 20 heavy (non-hydrogen) atoms. The molecule has 3 heteroatoms. The van der Waals surface area contributed by atoms with Gasteiger partial charge < -0.3 is 5.73 Å². The third-order valence-corrected chi connectivity index (χ3v) is 4.77. The maximum atomic E-state index is 6.43. The summed E-state index contributed by atoms with van der Waals surface area (Å²) in [5, 5.41) is 3.35. The Hall–Kier alpha value is -1.71. The number of aryl methyl sites for hydroxylation is 1. The lowest BCUT2D eigenvalue weighted by molar-refractivity contribution is 0.731. The predicted octanol–water partition coefficient (Wildman–Crippen LogP) is 4.10. The molecular weight excluding hydrogens is 264 g/mol. The molecule has 0 radical (unpaired) electrons. The van der Waals surface area contributed by atoms with Crippen LogP contribution in [0.4, 0.5) is 0 Å². The fourth-order valence-electron chi connectivity index (χ4n) is 2.63. The van der Waals surface area contributed by atoms with Crippen LogP contribution in [0.5, 0.6) is 0 Å². The Kier molecular flexibility index (Phi) is 3.81. The minimum absolute atomic E-state index is 0.0655. The minimum atomic E-state index is 0.0655. The second-order valence-corrected chi connectivity index (χ2v) is 5.91. The Labute approximate surface area is 123 Å². The number of thiophene rings is 1. The molecule has 1 atom stereocenters. The molecule has 0 bridgehead atoms. The molecule has 3 rings (SSSR count). The third kappa shape index (κ3) is 2.47. The van der Waals surface area contributed by atoms with Gasteiger partial charge in [0.15, 0.2) is 0 Å². The largest absolute Gasteiger partial charge is 0.323 e. The number of rotatable bonds is 4. The van der Waals surface area contributed by atoms with E-state index in [1.165, 1.54) is 21.4 Å². The molecule has 2 aromatic heterocycles. The zero-order valence-corrected chi connectivity index (χ0v) is 12.4. The first-order valence-electron chi connectivity index (χ1n) is 6.94. The average Bonchev–Trinajstić information content (AvgIpc) is 2.96. The first-order chi connectivity index (χ1) is 9.79. The number of nitrogens with two attached hydrogens (primary N) is 1. The highest BCUT2D eigenvalue weighted by molar-refractivity contribution is 7.10. The molecule has 1 aromatic carbocycles. The SMILES string of the molecule is CCc1ccsc1C(N)Cc1ccnc2ccccc12. The summed E-state index contributed by atoms with van der Waals surface area (Å²) in [7, 11) is 0. The van der Waals surface area contributed by atoms with Gasteiger partial charge >= 0.3 is 0 Å². The summed E-state index contributed by atoms with van der Waals surface area (Å²) in [5.41, 5.74) is 10.1. The van der Waals surface area contributed by atoms with E-state index in [0.29, 0.717) is 0 Å². The Bertz CT molecular complexity index is 712. The van der Waals surface area contributed by atoms with Crippen molar-refractivity contribution in [1.82, 2.24) is 4.98 Å². The van der Waals surface area contributed by atoms with Gasteiger partial charge in [-0.1, -0.05) is 25.1 Å². The van der Waals surface area contributed by atoms with Crippen molar-refractivity contribution in [2.24, 2.45) is 5.73 Å². The topological polar surface area (TPSA) is 38.9 Å². The molecule has 0 saturated carbocycles. The molecule has 0 aliphatic carbocycles. The summed E-state index contributed by atoms with van der Waals surface area (Å²) in [4.78, 5) is 5.72. The van der Waals surface area contributed by atoms with E-state index < -0.39 is 0 Å². The molecule has 2 nitrogen and oxygen atoms in total. The van der Waals surface area contributed by atoms with Crippen molar-refractivity contribution in [3.8, 4) is 0 Å². The van der Waals surface area contributed by atoms with Gasteiger partial charge in [0, 0.05) is 22.5 Å². The van der Waals surface area contributed by atoms with Gasteiger partial charge in [-0.2, -0.15) is 0 Å². The van der Waals surface area contributed by atoms with Crippen LogP contribution in [0.15, 0.2) is 48.0 Å². The Morgan fingerprint density at radius 1 is 1.15 bits per heavy atom. The van der Waals surface area contributed by atoms with Crippen molar-refractivity contribution in [2.75, 3.05) is 0 Å². The fourth-order valence-corrected chi connectivity index (χ4v) is 3.63. The van der Waals surface area contributed by atoms with Crippen LogP contribution in [0.2, 0.25) is 0 Å². The molecule has 0 amide bonds. The van der Waals surface area contributed by atoms with Crippen molar-refractivity contribution in [3.05, 3.63) is 64.0 Å². The van der Waals surface area contributed by atoms with Crippen LogP contribution in [0, 0.1) is 0 Å². The van der Waals surface area contributed by atoms with E-state index in [1.54, 1.807) is 11.3 Å². The van der Waals surface area contributed by atoms with E-state index in [9.17, 15) is 0 Å². The quantitative estimate of drug-likeness (QED) is 0.782. The molecule has 0 spiro atoms. The van der Waals surface area contributed by atoms with Gasteiger partial charge in [0.1, 0.15) is 0 Å². The number of hydrogen-bond donors (Lipinski definition) is 1. The van der Waals surface area contributed by atoms with Crippen LogP contribution in [-0.2, 0) is 12.8 Å². The summed E-state index contributed by atoms with van der Waals surface area (Å²) >= 11 is 1.77. The first-order valence-corrected chi connectivity index (χ1v) is 7.82. The first kappa shape index (κ1) is 13.3. The van der Waals surface area contributed by atoms with Crippen LogP contribution in [0.3, 0.4) is 0 Å². The van der Waals surface area contributed by atoms with E-state index in [1.807, 2.05) is 18.3 Å². The lowest BCUT2D eigenvalue weighted by Gasteiger charge is -2.13. The molecule has 0 saturated heterocycles. The molecule has 3 aromatic rings. The van der Waals surface area contributed by atoms with Gasteiger partial charge in [0.25, 0.3) is 0 Å². The Morgan fingerprint density at radius 3 is 2.85 bits per heavy atom. The molecule has 0 fully saturated rings. The van der Waals surface area contributed by atoms with Crippen molar-refractivity contribution in [2.45, 2.75) is 25.8 Å². The number of pyridine rings is 1. The standard InChI is InChI=1S/C17H18N2S/c1-2-12-8-10-20-17(12)15(18)11-13-7-9-19-16-6-4-3-5-14(13)16/h3-10,15H,2,11,18H2,1H3. The van der Waals surface area contributed by atoms with Crippen molar-refractivity contribution in [3.63, 3.8) is 0 Å². The van der Waals surface area contributed by atoms with Crippen LogP contribution in [0.25, 0.3) is 10.9 Å². The number of para-hydroxylation sites is 1. The zero-order valence-electron chi connectivity index (χ0n) is 11.5. The molecule has 0 aliphatic rings. The van der Waals surface area contributed by atoms with Gasteiger partial charge in [-0.05, 0) is 47.5 Å². The summed E-state index contributed by atoms with van der Waals surface area (Å²) in [6.45, 7) is 2.18. The predicted molar refractivity (Wildman–Crippen MR) is 86.1 cm³/mol. The van der Waals surface area contributed by atoms with Crippen LogP contribution in [0.1, 0.15) is 29.0 Å². The van der Waals surface area contributed by atoms with Crippen LogP contribution < -0.4 is 5.73 Å². The van der Waals surface area contributed by atoms with Crippen molar-refractivity contribution in [1.29, 1.82) is 0 Å². The fraction of sp³-hybridized carbons (Fsp3) is 0.235. The van der Waals surface area contributed by atoms with E-state index in [-0.39, 0.29) is 6.04 Å². The number of benzene rings is 1. The minimum Gasteiger partial charge on any atom is -0.323 e. The Morgan fingerprint density at radius 2 is 2.00 bits per heavy atom. The number of fused-ring (bicyclic) bond motifs is 1. The lowest BCUT2D eigenvalue weighted by Crippen LogP contribution is -2.13. The van der Waals surface area contributed by atoms with Gasteiger partial charge in [0.2, 0.25) is 0 Å². The lowest BCUT2D eigenvalue weighted by atomic mass is 9.99. The maximum absolute atomic E-state index is 6.43. The Balaban J connectivity index is 1.93. The molecule has 2 N–H and O–H groups in total. The molecule has 102 valence electrons. The van der Waals surface area contributed by atoms with E-state index >= 15 is 0 Å². The third-order valence-electron chi connectivity index (χ3n) is 3.68. The normalized spacial score (nSPS) is 12.7. The monoisotopic (exact) mass is 282 g/mol. The smallest absolute Gasteiger partial charge is 0.0704 e. The van der Waals surface area contributed by atoms with E-state index in [2.05, 4.69) is 41.6 Å². The van der Waals surface area contributed by atoms with Crippen molar-refractivity contribution < 1.29 is 0 Å². The second kappa shape index (κ2) is 5.73. The molecule has 2 heterocycles. The van der Waals surface area contributed by atoms with E-state index in [4.69, 9.17) is 5.73 Å². The highest BCUT2D eigenvalue weighted by atomic mass is 32.1. The molecular formula is C17H18N2S. The number of aromatic nitrogens is 1. The van der Waals surface area contributed by atoms with Gasteiger partial charge in [-0.25, -0.2) is 0 Å². The summed E-state index contributed by atoms with van der Waals surface area (Å²) in [5.74, 6) is 0. The highest BCUT2D eigenvalue weighted by Crippen LogP contribution is 2.28. The van der Waals surface area contributed by atoms with Gasteiger partial charge in [-0.3, -0.25) is 4.98 Å². The molecule has 0 aliphatic heterocycles. The summed E-state index contributed by atoms with van der Waals surface area (Å²) in [6, 6.07) is 12.6. The zero-order chi connectivity index (χ0) is 13.9. The van der Waals surface area contributed by atoms with Crippen LogP contribution in [-0.4, -0.2) is 4.98 Å². The van der Waals surface area contributed by atoms with Gasteiger partial charge in [0.05, 0.1) is 5.52 Å². The summed E-state index contributed by atoms with van der Waals surface area (Å²) < 4.78 is 0. The molecule has 1 unspecified atom stereocenters. The highest BCUT2D eigenvalue weighted by Gasteiger charge is 2.14. The maximum Gasteiger partial charge on any atom is 0.0704 e. The summed E-state index contributed by atoms with van der Waals surface area (Å²) in [6.07, 6.45) is 3.78. The average molecular weight is 282 g/mol. The van der Waals surface area contributed by atoms with Gasteiger partial charge in [-0.15, -0.1) is 11.3 Å². The second-order valence-electron chi connectivity index (χ2n) is 4.96. The number of nitrogens with zero attached hydrogens (tertiary/aromatic N) is 1. The van der Waals surface area contributed by atoms with Crippen molar-refractivity contribution >= 4 is 22.2 Å². The van der Waals surface area contributed by atoms with E-state index in [0.717, 1.165) is 18.4 Å². The number of hydrogen-bond acceptors (Lipinski definition) is 3.